The second-order valence-corrected chi connectivity index (χ2v) is 8.53. The average Bonchev–Trinajstić information content (AvgIpc) is 3.36. The largest absolute Gasteiger partial charge is 0.456 e. The predicted octanol–water partition coefficient (Wildman–Crippen LogP) is 4.95. The Bertz CT molecular complexity index is 1090. The maximum Gasteiger partial charge on any atom is 0.331 e. The van der Waals surface area contributed by atoms with E-state index < -0.39 is 5.97 Å². The molecule has 4 aromatic heterocycles. The number of esters is 1. The van der Waals surface area contributed by atoms with Gasteiger partial charge < -0.3 is 4.74 Å². The van der Waals surface area contributed by atoms with Crippen LogP contribution < -0.4 is 0 Å². The van der Waals surface area contributed by atoms with E-state index in [4.69, 9.17) is 4.74 Å². The summed E-state index contributed by atoms with van der Waals surface area (Å²) >= 11 is 4.81. The van der Waals surface area contributed by atoms with Gasteiger partial charge in [-0.15, -0.1) is 22.7 Å². The first-order valence-corrected chi connectivity index (χ1v) is 10.5. The molecule has 26 heavy (non-hydrogen) atoms. The lowest BCUT2D eigenvalue weighted by molar-refractivity contribution is -0.139. The minimum Gasteiger partial charge on any atom is -0.456 e. The van der Waals surface area contributed by atoms with Crippen molar-refractivity contribution in [2.24, 2.45) is 0 Å². The summed E-state index contributed by atoms with van der Waals surface area (Å²) in [4.78, 5) is 23.2. The number of rotatable bonds is 5. The van der Waals surface area contributed by atoms with Crippen molar-refractivity contribution in [2.75, 3.05) is 0 Å². The maximum absolute atomic E-state index is 12.0. The highest BCUT2D eigenvalue weighted by Crippen LogP contribution is 2.26. The Hall–Kier alpha value is -2.29. The number of ether oxygens (including phenoxy) is 1. The van der Waals surface area contributed by atoms with Crippen LogP contribution in [0.4, 0.5) is 0 Å². The van der Waals surface area contributed by atoms with Crippen molar-refractivity contribution in [1.82, 2.24) is 14.4 Å². The molecule has 4 rings (SSSR count). The molecular weight excluding hydrogens is 386 g/mol. The first-order valence-electron chi connectivity index (χ1n) is 7.87. The SMILES string of the molecule is Cc1cn2c(/C=C/C(=O)OCc3csc(-c4ccsc4)n3)c(C)nc2s1. The lowest BCUT2D eigenvalue weighted by Gasteiger charge is -1.98. The van der Waals surface area contributed by atoms with Gasteiger partial charge in [-0.05, 0) is 31.4 Å². The van der Waals surface area contributed by atoms with Crippen LogP contribution in [0, 0.1) is 13.8 Å². The van der Waals surface area contributed by atoms with Crippen molar-refractivity contribution in [2.45, 2.75) is 20.5 Å². The highest BCUT2D eigenvalue weighted by atomic mass is 32.1. The Morgan fingerprint density at radius 3 is 3.00 bits per heavy atom. The van der Waals surface area contributed by atoms with Gasteiger partial charge in [-0.25, -0.2) is 14.8 Å². The fourth-order valence-electron chi connectivity index (χ4n) is 2.51. The van der Waals surface area contributed by atoms with Gasteiger partial charge in [-0.2, -0.15) is 11.3 Å². The minimum absolute atomic E-state index is 0.169. The van der Waals surface area contributed by atoms with E-state index >= 15 is 0 Å². The van der Waals surface area contributed by atoms with Crippen molar-refractivity contribution >= 4 is 51.0 Å². The molecule has 0 saturated heterocycles. The van der Waals surface area contributed by atoms with Gasteiger partial charge in [-0.1, -0.05) is 0 Å². The van der Waals surface area contributed by atoms with E-state index in [0.29, 0.717) is 0 Å². The monoisotopic (exact) mass is 401 g/mol. The number of hydrogen-bond acceptors (Lipinski definition) is 7. The van der Waals surface area contributed by atoms with E-state index in [2.05, 4.69) is 15.3 Å². The summed E-state index contributed by atoms with van der Waals surface area (Å²) in [5.74, 6) is -0.392. The van der Waals surface area contributed by atoms with Gasteiger partial charge in [0.2, 0.25) is 0 Å². The Morgan fingerprint density at radius 2 is 2.19 bits per heavy atom. The molecule has 0 amide bonds. The average molecular weight is 402 g/mol. The van der Waals surface area contributed by atoms with Crippen molar-refractivity contribution in [3.63, 3.8) is 0 Å². The zero-order valence-corrected chi connectivity index (χ0v) is 16.6. The molecule has 0 aliphatic heterocycles. The second-order valence-electron chi connectivity index (χ2n) is 5.67. The van der Waals surface area contributed by atoms with Crippen LogP contribution >= 0.6 is 34.0 Å². The number of thiophene rings is 1. The van der Waals surface area contributed by atoms with Gasteiger partial charge in [0, 0.05) is 33.5 Å². The van der Waals surface area contributed by atoms with Crippen LogP contribution in [0.2, 0.25) is 0 Å². The molecule has 4 aromatic rings. The molecule has 0 radical (unpaired) electrons. The standard InChI is InChI=1S/C18H15N3O2S3/c1-11-7-21-15(12(2)19-18(21)26-11)3-4-16(22)23-8-14-10-25-17(20-14)13-5-6-24-9-13/h3-7,9-10H,8H2,1-2H3/b4-3+. The molecule has 0 spiro atoms. The molecule has 0 aromatic carbocycles. The van der Waals surface area contributed by atoms with Crippen LogP contribution in [0.3, 0.4) is 0 Å². The van der Waals surface area contributed by atoms with Gasteiger partial charge in [0.25, 0.3) is 0 Å². The Kier molecular flexibility index (Phi) is 4.71. The molecule has 0 aliphatic carbocycles. The lowest BCUT2D eigenvalue weighted by Crippen LogP contribution is -2.01. The molecule has 0 N–H and O–H groups in total. The molecule has 0 aliphatic rings. The zero-order valence-electron chi connectivity index (χ0n) is 14.1. The zero-order chi connectivity index (χ0) is 18.1. The number of nitrogens with zero attached hydrogens (tertiary/aromatic N) is 3. The minimum atomic E-state index is -0.392. The summed E-state index contributed by atoms with van der Waals surface area (Å²) in [6, 6.07) is 2.03. The van der Waals surface area contributed by atoms with Crippen molar-refractivity contribution < 1.29 is 9.53 Å². The van der Waals surface area contributed by atoms with E-state index in [-0.39, 0.29) is 6.61 Å². The van der Waals surface area contributed by atoms with Crippen LogP contribution in [0.5, 0.6) is 0 Å². The highest BCUT2D eigenvalue weighted by Gasteiger charge is 2.10. The maximum atomic E-state index is 12.0. The predicted molar refractivity (Wildman–Crippen MR) is 107 cm³/mol. The third-order valence-electron chi connectivity index (χ3n) is 3.72. The van der Waals surface area contributed by atoms with Gasteiger partial charge in [0.15, 0.2) is 4.96 Å². The van der Waals surface area contributed by atoms with Gasteiger partial charge in [0.05, 0.1) is 17.1 Å². The number of fused-ring (bicyclic) bond motifs is 1. The molecule has 5 nitrogen and oxygen atoms in total. The van der Waals surface area contributed by atoms with Crippen LogP contribution in [0.25, 0.3) is 21.6 Å². The third-order valence-corrected chi connectivity index (χ3v) is 6.24. The Labute approximate surface area is 162 Å². The number of thiazole rings is 2. The summed E-state index contributed by atoms with van der Waals surface area (Å²) in [6.07, 6.45) is 5.21. The van der Waals surface area contributed by atoms with Crippen molar-refractivity contribution in [3.8, 4) is 10.6 Å². The summed E-state index contributed by atoms with van der Waals surface area (Å²) < 4.78 is 7.30. The molecule has 0 unspecified atom stereocenters. The quantitative estimate of drug-likeness (QED) is 0.351. The normalized spacial score (nSPS) is 11.6. The van der Waals surface area contributed by atoms with Crippen LogP contribution in [0.1, 0.15) is 22.0 Å². The lowest BCUT2D eigenvalue weighted by atomic mass is 10.3. The van der Waals surface area contributed by atoms with Crippen LogP contribution in [0.15, 0.2) is 34.5 Å². The molecule has 0 bridgehead atoms. The van der Waals surface area contributed by atoms with E-state index in [1.807, 2.05) is 41.3 Å². The fraction of sp³-hybridized carbons (Fsp3) is 0.167. The molecule has 0 fully saturated rings. The summed E-state index contributed by atoms with van der Waals surface area (Å²) in [5.41, 5.74) is 3.65. The number of carbonyl (C=O) groups is 1. The Balaban J connectivity index is 1.41. The van der Waals surface area contributed by atoms with E-state index in [1.54, 1.807) is 40.1 Å². The first-order chi connectivity index (χ1) is 12.6. The third kappa shape index (κ3) is 3.48. The number of aryl methyl sites for hydroxylation is 2. The topological polar surface area (TPSA) is 56.5 Å². The molecule has 132 valence electrons. The van der Waals surface area contributed by atoms with E-state index in [1.165, 1.54) is 11.0 Å². The Morgan fingerprint density at radius 1 is 1.31 bits per heavy atom. The van der Waals surface area contributed by atoms with Gasteiger partial charge in [-0.3, -0.25) is 4.40 Å². The molecule has 0 saturated carbocycles. The van der Waals surface area contributed by atoms with Crippen molar-refractivity contribution in [1.29, 1.82) is 0 Å². The number of aromatic nitrogens is 3. The fourth-order valence-corrected chi connectivity index (χ4v) is 4.91. The second kappa shape index (κ2) is 7.14. The summed E-state index contributed by atoms with van der Waals surface area (Å²) in [5, 5.41) is 6.94. The van der Waals surface area contributed by atoms with Gasteiger partial charge >= 0.3 is 5.97 Å². The van der Waals surface area contributed by atoms with Crippen LogP contribution in [-0.2, 0) is 16.1 Å². The van der Waals surface area contributed by atoms with E-state index in [0.717, 1.165) is 32.6 Å². The number of imidazole rings is 1. The summed E-state index contributed by atoms with van der Waals surface area (Å²) in [7, 11) is 0. The first kappa shape index (κ1) is 17.1. The summed E-state index contributed by atoms with van der Waals surface area (Å²) in [6.45, 7) is 4.14. The van der Waals surface area contributed by atoms with Crippen molar-refractivity contribution in [3.05, 3.63) is 56.4 Å². The number of hydrogen-bond donors (Lipinski definition) is 0. The van der Waals surface area contributed by atoms with Gasteiger partial charge in [0.1, 0.15) is 11.6 Å². The molecular formula is C18H15N3O2S3. The van der Waals surface area contributed by atoms with Crippen LogP contribution in [-0.4, -0.2) is 20.3 Å². The number of carbonyl (C=O) groups excluding carboxylic acids is 1. The van der Waals surface area contributed by atoms with E-state index in [9.17, 15) is 4.79 Å². The smallest absolute Gasteiger partial charge is 0.331 e. The highest BCUT2D eigenvalue weighted by molar-refractivity contribution is 7.17. The molecule has 4 heterocycles. The molecule has 8 heteroatoms. The molecule has 0 atom stereocenters.